The average molecular weight is 326 g/mol. The van der Waals surface area contributed by atoms with Crippen molar-refractivity contribution in [1.82, 2.24) is 16.2 Å². The number of hydrogen-bond acceptors (Lipinski definition) is 6. The highest BCUT2D eigenvalue weighted by Gasteiger charge is 2.19. The molecule has 2 amide bonds. The summed E-state index contributed by atoms with van der Waals surface area (Å²) in [5.74, 6) is -1.24. The molecule has 1 aromatic carbocycles. The van der Waals surface area contributed by atoms with Crippen LogP contribution in [0.1, 0.15) is 17.3 Å². The van der Waals surface area contributed by atoms with Gasteiger partial charge in [0.1, 0.15) is 12.2 Å². The Balaban J connectivity index is 2.57. The van der Waals surface area contributed by atoms with Crippen molar-refractivity contribution in [3.8, 4) is 0 Å². The quantitative estimate of drug-likeness (QED) is 0.403. The normalized spacial score (nSPS) is 9.68. The van der Waals surface area contributed by atoms with Crippen molar-refractivity contribution in [3.63, 3.8) is 0 Å². The molecule has 9 nitrogen and oxygen atoms in total. The van der Waals surface area contributed by atoms with Crippen molar-refractivity contribution in [2.75, 3.05) is 13.2 Å². The van der Waals surface area contributed by atoms with Gasteiger partial charge in [0.25, 0.3) is 17.5 Å². The Kier molecular flexibility index (Phi) is 6.86. The molecule has 0 saturated carbocycles. The first-order chi connectivity index (χ1) is 10.5. The van der Waals surface area contributed by atoms with E-state index in [1.165, 1.54) is 24.3 Å². The predicted octanol–water partition coefficient (Wildman–Crippen LogP) is 0.267. The number of ether oxygens (including phenoxy) is 1. The lowest BCUT2D eigenvalue weighted by molar-refractivity contribution is -0.385. The SMILES string of the molecule is CCOCC(=O)NNC(=S)NC(=O)c1ccccc1[N+](=O)[O-]. The van der Waals surface area contributed by atoms with E-state index < -0.39 is 16.7 Å². The molecule has 1 aromatic rings. The summed E-state index contributed by atoms with van der Waals surface area (Å²) in [5, 5.41) is 12.9. The van der Waals surface area contributed by atoms with Crippen molar-refractivity contribution in [2.45, 2.75) is 6.92 Å². The Hall–Kier alpha value is -2.59. The summed E-state index contributed by atoms with van der Waals surface area (Å²) in [6.07, 6.45) is 0. The second-order valence-electron chi connectivity index (χ2n) is 3.87. The standard InChI is InChI=1S/C12H14N4O5S/c1-2-21-7-10(17)14-15-12(22)13-11(18)8-5-3-4-6-9(8)16(19)20/h3-6H,2,7H2,1H3,(H,14,17)(H2,13,15,18,22). The van der Waals surface area contributed by atoms with Crippen molar-refractivity contribution in [3.05, 3.63) is 39.9 Å². The molecule has 0 fully saturated rings. The maximum absolute atomic E-state index is 11.9. The van der Waals surface area contributed by atoms with Crippen LogP contribution in [0.15, 0.2) is 24.3 Å². The molecule has 0 aliphatic carbocycles. The third-order valence-electron chi connectivity index (χ3n) is 2.33. The number of hydrogen-bond donors (Lipinski definition) is 3. The van der Waals surface area contributed by atoms with E-state index in [1.807, 2.05) is 0 Å². The first-order valence-electron chi connectivity index (χ1n) is 6.17. The average Bonchev–Trinajstić information content (AvgIpc) is 2.50. The minimum Gasteiger partial charge on any atom is -0.372 e. The fourth-order valence-electron chi connectivity index (χ4n) is 1.38. The van der Waals surface area contributed by atoms with Crippen molar-refractivity contribution in [1.29, 1.82) is 0 Å². The molecule has 1 rings (SSSR count). The third-order valence-corrected chi connectivity index (χ3v) is 2.53. The number of thiocarbonyl (C=S) groups is 1. The minimum absolute atomic E-state index is 0.141. The number of carbonyl (C=O) groups is 2. The highest BCUT2D eigenvalue weighted by atomic mass is 32.1. The Morgan fingerprint density at radius 2 is 2.00 bits per heavy atom. The molecule has 118 valence electrons. The summed E-state index contributed by atoms with van der Waals surface area (Å²) in [7, 11) is 0. The molecular formula is C12H14N4O5S. The monoisotopic (exact) mass is 326 g/mol. The summed E-state index contributed by atoms with van der Waals surface area (Å²) in [5.41, 5.74) is 4.01. The lowest BCUT2D eigenvalue weighted by Crippen LogP contribution is -2.49. The zero-order chi connectivity index (χ0) is 16.5. The lowest BCUT2D eigenvalue weighted by Gasteiger charge is -2.10. The summed E-state index contributed by atoms with van der Waals surface area (Å²) in [6, 6.07) is 5.43. The third kappa shape index (κ3) is 5.42. The van der Waals surface area contributed by atoms with Gasteiger partial charge in [0.05, 0.1) is 4.92 Å². The first-order valence-corrected chi connectivity index (χ1v) is 6.57. The van der Waals surface area contributed by atoms with Gasteiger partial charge in [-0.1, -0.05) is 12.1 Å². The number of nitrogens with zero attached hydrogens (tertiary/aromatic N) is 1. The molecule has 0 radical (unpaired) electrons. The Labute approximate surface area is 131 Å². The fraction of sp³-hybridized carbons (Fsp3) is 0.250. The van der Waals surface area contributed by atoms with Gasteiger partial charge in [0.15, 0.2) is 5.11 Å². The zero-order valence-electron chi connectivity index (χ0n) is 11.6. The number of para-hydroxylation sites is 1. The second kappa shape index (κ2) is 8.64. The van der Waals surface area contributed by atoms with Crippen LogP contribution in [0.2, 0.25) is 0 Å². The number of nitrogens with one attached hydrogen (secondary N) is 3. The van der Waals surface area contributed by atoms with E-state index in [0.29, 0.717) is 6.61 Å². The first kappa shape index (κ1) is 17.5. The van der Waals surface area contributed by atoms with E-state index in [-0.39, 0.29) is 23.0 Å². The van der Waals surface area contributed by atoms with E-state index in [1.54, 1.807) is 6.92 Å². The zero-order valence-corrected chi connectivity index (χ0v) is 12.4. The molecule has 0 atom stereocenters. The van der Waals surface area contributed by atoms with Crippen LogP contribution >= 0.6 is 12.2 Å². The molecule has 0 aliphatic heterocycles. The van der Waals surface area contributed by atoms with E-state index in [4.69, 9.17) is 17.0 Å². The molecule has 22 heavy (non-hydrogen) atoms. The van der Waals surface area contributed by atoms with E-state index >= 15 is 0 Å². The Bertz CT molecular complexity index is 593. The number of benzene rings is 1. The van der Waals surface area contributed by atoms with Crippen molar-refractivity contribution in [2.24, 2.45) is 0 Å². The molecule has 0 spiro atoms. The van der Waals surface area contributed by atoms with Gasteiger partial charge >= 0.3 is 0 Å². The maximum atomic E-state index is 11.9. The van der Waals surface area contributed by atoms with Gasteiger partial charge < -0.3 is 4.74 Å². The molecular weight excluding hydrogens is 312 g/mol. The molecule has 0 saturated heterocycles. The van der Waals surface area contributed by atoms with Crippen LogP contribution in [0, 0.1) is 10.1 Å². The van der Waals surface area contributed by atoms with Crippen LogP contribution in [-0.4, -0.2) is 35.1 Å². The van der Waals surface area contributed by atoms with Gasteiger partial charge in [-0.2, -0.15) is 0 Å². The van der Waals surface area contributed by atoms with Crippen LogP contribution in [-0.2, 0) is 9.53 Å². The van der Waals surface area contributed by atoms with E-state index in [2.05, 4.69) is 16.2 Å². The van der Waals surface area contributed by atoms with Gasteiger partial charge in [-0.3, -0.25) is 35.9 Å². The molecule has 0 bridgehead atoms. The van der Waals surface area contributed by atoms with Crippen molar-refractivity contribution < 1.29 is 19.2 Å². The molecule has 0 heterocycles. The number of nitro groups is 1. The number of hydrazine groups is 1. The number of nitro benzene ring substituents is 1. The number of carbonyl (C=O) groups excluding carboxylic acids is 2. The van der Waals surface area contributed by atoms with E-state index in [9.17, 15) is 19.7 Å². The van der Waals surface area contributed by atoms with Crippen LogP contribution in [0.3, 0.4) is 0 Å². The number of amides is 2. The minimum atomic E-state index is -0.760. The fourth-order valence-corrected chi connectivity index (χ4v) is 1.53. The second-order valence-corrected chi connectivity index (χ2v) is 4.28. The van der Waals surface area contributed by atoms with Crippen LogP contribution in [0.25, 0.3) is 0 Å². The Morgan fingerprint density at radius 1 is 1.32 bits per heavy atom. The van der Waals surface area contributed by atoms with Gasteiger partial charge in [-0.25, -0.2) is 0 Å². The Morgan fingerprint density at radius 3 is 2.64 bits per heavy atom. The van der Waals surface area contributed by atoms with Crippen molar-refractivity contribution >= 4 is 34.8 Å². The molecule has 10 heteroatoms. The van der Waals surface area contributed by atoms with Crippen LogP contribution in [0.4, 0.5) is 5.69 Å². The maximum Gasteiger partial charge on any atom is 0.282 e. The summed E-state index contributed by atoms with van der Waals surface area (Å²) in [6.45, 7) is 1.95. The smallest absolute Gasteiger partial charge is 0.282 e. The van der Waals surface area contributed by atoms with Crippen LogP contribution < -0.4 is 16.2 Å². The predicted molar refractivity (Wildman–Crippen MR) is 80.9 cm³/mol. The molecule has 0 unspecified atom stereocenters. The van der Waals surface area contributed by atoms with E-state index in [0.717, 1.165) is 0 Å². The lowest BCUT2D eigenvalue weighted by atomic mass is 10.1. The molecule has 0 aromatic heterocycles. The highest BCUT2D eigenvalue weighted by molar-refractivity contribution is 7.80. The van der Waals surface area contributed by atoms with Gasteiger partial charge in [-0.15, -0.1) is 0 Å². The van der Waals surface area contributed by atoms with Gasteiger partial charge in [0.2, 0.25) is 0 Å². The topological polar surface area (TPSA) is 123 Å². The summed E-state index contributed by atoms with van der Waals surface area (Å²) < 4.78 is 4.86. The summed E-state index contributed by atoms with van der Waals surface area (Å²) in [4.78, 5) is 33.3. The van der Waals surface area contributed by atoms with Gasteiger partial charge in [0, 0.05) is 12.7 Å². The van der Waals surface area contributed by atoms with Gasteiger partial charge in [-0.05, 0) is 25.2 Å². The highest BCUT2D eigenvalue weighted by Crippen LogP contribution is 2.17. The summed E-state index contributed by atoms with van der Waals surface area (Å²) >= 11 is 4.80. The molecule has 0 aliphatic rings. The largest absolute Gasteiger partial charge is 0.372 e. The molecule has 3 N–H and O–H groups in total. The number of rotatable bonds is 5. The van der Waals surface area contributed by atoms with Crippen LogP contribution in [0.5, 0.6) is 0 Å².